The highest BCUT2D eigenvalue weighted by Crippen LogP contribution is 2.60. The molecule has 0 saturated carbocycles. The van der Waals surface area contributed by atoms with Crippen LogP contribution in [0, 0.1) is 0 Å². The van der Waals surface area contributed by atoms with Gasteiger partial charge in [0.25, 0.3) is 0 Å². The van der Waals surface area contributed by atoms with Crippen LogP contribution < -0.4 is 5.73 Å². The van der Waals surface area contributed by atoms with Crippen LogP contribution in [0.5, 0.6) is 0 Å². The lowest BCUT2D eigenvalue weighted by atomic mass is 9.91. The van der Waals surface area contributed by atoms with E-state index in [1.165, 1.54) is 12.1 Å². The van der Waals surface area contributed by atoms with Crippen molar-refractivity contribution in [2.45, 2.75) is 55.2 Å². The fourth-order valence-electron chi connectivity index (χ4n) is 2.10. The van der Waals surface area contributed by atoms with Crippen molar-refractivity contribution < 1.29 is 57.1 Å². The molecule has 1 nitrogen and oxygen atoms in total. The van der Waals surface area contributed by atoms with Crippen LogP contribution in [0.3, 0.4) is 0 Å². The third kappa shape index (κ3) is 4.12. The molecule has 0 aromatic heterocycles. The Balaban J connectivity index is 3.20. The van der Waals surface area contributed by atoms with E-state index < -0.39 is 48.6 Å². The average molecular weight is 453 g/mol. The minimum atomic E-state index is -7.87. The van der Waals surface area contributed by atoms with E-state index in [1.54, 1.807) is 0 Å². The number of aryl methyl sites for hydroxylation is 1. The molecule has 0 aliphatic rings. The molecule has 168 valence electrons. The van der Waals surface area contributed by atoms with Crippen molar-refractivity contribution >= 4 is 0 Å². The maximum absolute atomic E-state index is 13.6. The Bertz CT molecular complexity index is 691. The molecule has 0 atom stereocenters. The Morgan fingerprint density at radius 3 is 1.31 bits per heavy atom. The lowest BCUT2D eigenvalue weighted by molar-refractivity contribution is -0.440. The number of alkyl halides is 13. The van der Waals surface area contributed by atoms with Crippen LogP contribution in [0.1, 0.15) is 17.5 Å². The molecular weight excluding hydrogens is 441 g/mol. The third-order valence-corrected chi connectivity index (χ3v) is 3.98. The highest BCUT2D eigenvalue weighted by molar-refractivity contribution is 5.23. The van der Waals surface area contributed by atoms with Gasteiger partial charge in [0.2, 0.25) is 0 Å². The molecule has 2 N–H and O–H groups in total. The Morgan fingerprint density at radius 1 is 0.552 bits per heavy atom. The molecule has 0 heterocycles. The van der Waals surface area contributed by atoms with Gasteiger partial charge < -0.3 is 5.73 Å². The smallest absolute Gasteiger partial charge is 0.326 e. The minimum absolute atomic E-state index is 0.00321. The van der Waals surface area contributed by atoms with Gasteiger partial charge in [-0.25, -0.2) is 0 Å². The van der Waals surface area contributed by atoms with Gasteiger partial charge in [-0.2, -0.15) is 57.1 Å². The molecule has 29 heavy (non-hydrogen) atoms. The molecule has 14 heteroatoms. The maximum atomic E-state index is 13.6. The molecule has 0 spiro atoms. The summed E-state index contributed by atoms with van der Waals surface area (Å²) in [6.45, 7) is 0.00321. The van der Waals surface area contributed by atoms with Crippen molar-refractivity contribution in [2.24, 2.45) is 5.73 Å². The van der Waals surface area contributed by atoms with Crippen LogP contribution in [0.15, 0.2) is 24.3 Å². The van der Waals surface area contributed by atoms with E-state index >= 15 is 0 Å². The van der Waals surface area contributed by atoms with E-state index in [4.69, 9.17) is 5.73 Å². The van der Waals surface area contributed by atoms with Crippen LogP contribution in [-0.4, -0.2) is 35.8 Å². The Morgan fingerprint density at radius 2 is 0.931 bits per heavy atom. The lowest BCUT2D eigenvalue weighted by Gasteiger charge is -2.39. The van der Waals surface area contributed by atoms with Gasteiger partial charge in [0.15, 0.2) is 0 Å². The standard InChI is InChI=1S/C15H12F13N/c16-10(17,6-5-8-1-3-9(7-29)4-2-8)11(18,19)12(20,21)13(22,23)14(24,25)15(26,27)28/h1-4H,5-7,29H2. The van der Waals surface area contributed by atoms with Crippen LogP contribution >= 0.6 is 0 Å². The molecule has 1 aromatic carbocycles. The van der Waals surface area contributed by atoms with Crippen LogP contribution in [-0.2, 0) is 13.0 Å². The quantitative estimate of drug-likeness (QED) is 0.494. The molecule has 0 saturated heterocycles. The molecule has 0 aliphatic carbocycles. The molecule has 0 fully saturated rings. The number of hydrogen-bond acceptors (Lipinski definition) is 1. The number of rotatable bonds is 8. The van der Waals surface area contributed by atoms with Crippen molar-refractivity contribution in [1.82, 2.24) is 0 Å². The van der Waals surface area contributed by atoms with Gasteiger partial charge in [-0.05, 0) is 17.5 Å². The number of halogens is 13. The first kappa shape index (κ1) is 25.3. The largest absolute Gasteiger partial charge is 0.460 e. The van der Waals surface area contributed by atoms with Gasteiger partial charge in [-0.1, -0.05) is 24.3 Å². The SMILES string of the molecule is NCc1ccc(CCC(F)(F)C(F)(F)C(F)(F)C(F)(F)C(F)(F)C(F)(F)F)cc1. The predicted octanol–water partition coefficient (Wildman–Crippen LogP) is 5.82. The van der Waals surface area contributed by atoms with Gasteiger partial charge in [0.1, 0.15) is 0 Å². The van der Waals surface area contributed by atoms with E-state index in [0.29, 0.717) is 5.56 Å². The first-order chi connectivity index (χ1) is 12.8. The first-order valence-corrected chi connectivity index (χ1v) is 7.50. The van der Waals surface area contributed by atoms with Crippen molar-refractivity contribution in [1.29, 1.82) is 0 Å². The van der Waals surface area contributed by atoms with Crippen molar-refractivity contribution in [3.05, 3.63) is 35.4 Å². The highest BCUT2D eigenvalue weighted by atomic mass is 19.4. The van der Waals surface area contributed by atoms with E-state index in [-0.39, 0.29) is 12.1 Å². The van der Waals surface area contributed by atoms with E-state index in [0.717, 1.165) is 12.1 Å². The van der Waals surface area contributed by atoms with Crippen molar-refractivity contribution in [2.75, 3.05) is 0 Å². The lowest BCUT2D eigenvalue weighted by Crippen LogP contribution is -2.70. The monoisotopic (exact) mass is 453 g/mol. The molecule has 0 bridgehead atoms. The summed E-state index contributed by atoms with van der Waals surface area (Å²) in [5, 5.41) is 0. The van der Waals surface area contributed by atoms with Gasteiger partial charge in [0.05, 0.1) is 0 Å². The van der Waals surface area contributed by atoms with Gasteiger partial charge >= 0.3 is 35.8 Å². The second-order valence-corrected chi connectivity index (χ2v) is 6.02. The van der Waals surface area contributed by atoms with Gasteiger partial charge in [0, 0.05) is 13.0 Å². The number of hydrogen-bond donors (Lipinski definition) is 1. The zero-order valence-electron chi connectivity index (χ0n) is 13.9. The van der Waals surface area contributed by atoms with Crippen LogP contribution in [0.25, 0.3) is 0 Å². The summed E-state index contributed by atoms with van der Waals surface area (Å²) in [5.41, 5.74) is 5.54. The van der Waals surface area contributed by atoms with Gasteiger partial charge in [-0.15, -0.1) is 0 Å². The molecule has 0 radical (unpaired) electrons. The Labute approximate surface area is 154 Å². The zero-order valence-corrected chi connectivity index (χ0v) is 13.9. The van der Waals surface area contributed by atoms with Crippen molar-refractivity contribution in [3.8, 4) is 0 Å². The molecule has 1 rings (SSSR count). The van der Waals surface area contributed by atoms with Crippen LogP contribution in [0.2, 0.25) is 0 Å². The highest BCUT2D eigenvalue weighted by Gasteiger charge is 2.90. The van der Waals surface area contributed by atoms with E-state index in [9.17, 15) is 57.1 Å². The minimum Gasteiger partial charge on any atom is -0.326 e. The fraction of sp³-hybridized carbons (Fsp3) is 0.600. The fourth-order valence-corrected chi connectivity index (χ4v) is 2.10. The maximum Gasteiger partial charge on any atom is 0.460 e. The summed E-state index contributed by atoms with van der Waals surface area (Å²) in [6, 6.07) is 4.64. The second-order valence-electron chi connectivity index (χ2n) is 6.02. The molecule has 0 amide bonds. The predicted molar refractivity (Wildman–Crippen MR) is 73.4 cm³/mol. The van der Waals surface area contributed by atoms with Gasteiger partial charge in [-0.3, -0.25) is 0 Å². The van der Waals surface area contributed by atoms with E-state index in [2.05, 4.69) is 0 Å². The van der Waals surface area contributed by atoms with Crippen molar-refractivity contribution in [3.63, 3.8) is 0 Å². The third-order valence-electron chi connectivity index (χ3n) is 3.98. The summed E-state index contributed by atoms with van der Waals surface area (Å²) in [7, 11) is 0. The first-order valence-electron chi connectivity index (χ1n) is 7.50. The topological polar surface area (TPSA) is 26.0 Å². The summed E-state index contributed by atoms with van der Waals surface area (Å²) in [5.74, 6) is -36.6. The number of nitrogens with two attached hydrogens (primary N) is 1. The molecule has 0 unspecified atom stereocenters. The molecule has 1 aromatic rings. The normalized spacial score (nSPS) is 15.0. The summed E-state index contributed by atoms with van der Waals surface area (Å²) < 4.78 is 169. The number of benzene rings is 1. The Hall–Kier alpha value is -1.73. The zero-order chi connectivity index (χ0) is 23.1. The summed E-state index contributed by atoms with van der Waals surface area (Å²) in [6.07, 6.45) is -10.8. The van der Waals surface area contributed by atoms with E-state index in [1.807, 2.05) is 0 Å². The molecule has 0 aliphatic heterocycles. The van der Waals surface area contributed by atoms with Crippen LogP contribution in [0.4, 0.5) is 57.1 Å². The molecular formula is C15H12F13N. The Kier molecular flexibility index (Phi) is 6.55. The average Bonchev–Trinajstić information content (AvgIpc) is 2.58. The summed E-state index contributed by atoms with van der Waals surface area (Å²) >= 11 is 0. The summed E-state index contributed by atoms with van der Waals surface area (Å²) in [4.78, 5) is 0. The second kappa shape index (κ2) is 7.51.